The molecular weight excluding hydrogens is 307 g/mol. The van der Waals surface area contributed by atoms with Crippen LogP contribution in [0.15, 0.2) is 42.6 Å². The summed E-state index contributed by atoms with van der Waals surface area (Å²) in [6.07, 6.45) is -2.27. The van der Waals surface area contributed by atoms with Crippen molar-refractivity contribution >= 4 is 5.97 Å². The van der Waals surface area contributed by atoms with Gasteiger partial charge in [-0.25, -0.2) is 0 Å². The number of aryl methyl sites for hydroxylation is 1. The van der Waals surface area contributed by atoms with Gasteiger partial charge in [0.15, 0.2) is 0 Å². The second-order valence-electron chi connectivity index (χ2n) is 5.07. The van der Waals surface area contributed by atoms with Gasteiger partial charge in [-0.15, -0.1) is 0 Å². The highest BCUT2D eigenvalue weighted by Gasteiger charge is 2.33. The molecule has 1 heterocycles. The fourth-order valence-corrected chi connectivity index (χ4v) is 2.27. The van der Waals surface area contributed by atoms with Crippen LogP contribution >= 0.6 is 0 Å². The van der Waals surface area contributed by atoms with Gasteiger partial charge in [-0.05, 0) is 29.7 Å². The molecule has 0 saturated carbocycles. The van der Waals surface area contributed by atoms with Crippen LogP contribution in [-0.4, -0.2) is 18.1 Å². The minimum absolute atomic E-state index is 0.00915. The molecule has 0 N–H and O–H groups in total. The zero-order valence-electron chi connectivity index (χ0n) is 12.6. The third kappa shape index (κ3) is 4.81. The van der Waals surface area contributed by atoms with Gasteiger partial charge in [-0.1, -0.05) is 24.3 Å². The van der Waals surface area contributed by atoms with E-state index in [9.17, 15) is 18.0 Å². The molecule has 23 heavy (non-hydrogen) atoms. The number of pyridine rings is 1. The SMILES string of the molecule is COC(=O)CCc1cccc(Cc2ncccc2C(F)(F)F)c1. The molecule has 2 rings (SSSR count). The second kappa shape index (κ2) is 7.26. The van der Waals surface area contributed by atoms with E-state index in [1.165, 1.54) is 19.4 Å². The van der Waals surface area contributed by atoms with E-state index in [1.54, 1.807) is 18.2 Å². The average Bonchev–Trinajstić information content (AvgIpc) is 2.52. The number of ether oxygens (including phenoxy) is 1. The van der Waals surface area contributed by atoms with Gasteiger partial charge in [-0.2, -0.15) is 13.2 Å². The van der Waals surface area contributed by atoms with Crippen LogP contribution < -0.4 is 0 Å². The van der Waals surface area contributed by atoms with Gasteiger partial charge in [0.2, 0.25) is 0 Å². The van der Waals surface area contributed by atoms with Gasteiger partial charge in [0, 0.05) is 19.0 Å². The summed E-state index contributed by atoms with van der Waals surface area (Å²) in [5, 5.41) is 0. The number of benzene rings is 1. The number of carbonyl (C=O) groups excluding carboxylic acids is 1. The largest absolute Gasteiger partial charge is 0.469 e. The number of rotatable bonds is 5. The summed E-state index contributed by atoms with van der Waals surface area (Å²) in [5.74, 6) is -0.320. The zero-order valence-corrected chi connectivity index (χ0v) is 12.6. The van der Waals surface area contributed by atoms with E-state index in [1.807, 2.05) is 6.07 Å². The molecule has 0 amide bonds. The predicted octanol–water partition coefficient (Wildman–Crippen LogP) is 3.80. The zero-order chi connectivity index (χ0) is 16.9. The summed E-state index contributed by atoms with van der Waals surface area (Å²) in [7, 11) is 1.32. The maximum atomic E-state index is 13.0. The first-order valence-electron chi connectivity index (χ1n) is 7.06. The van der Waals surface area contributed by atoms with Crippen LogP contribution in [0.1, 0.15) is 28.8 Å². The summed E-state index contributed by atoms with van der Waals surface area (Å²) in [6.45, 7) is 0. The van der Waals surface area contributed by atoms with Crippen molar-refractivity contribution in [3.05, 3.63) is 65.0 Å². The van der Waals surface area contributed by atoms with Crippen molar-refractivity contribution in [1.29, 1.82) is 0 Å². The fourth-order valence-electron chi connectivity index (χ4n) is 2.27. The molecule has 0 aliphatic carbocycles. The average molecular weight is 323 g/mol. The Balaban J connectivity index is 2.17. The summed E-state index contributed by atoms with van der Waals surface area (Å²) in [4.78, 5) is 15.0. The van der Waals surface area contributed by atoms with Gasteiger partial charge in [-0.3, -0.25) is 9.78 Å². The molecule has 0 saturated heterocycles. The maximum absolute atomic E-state index is 13.0. The molecule has 0 atom stereocenters. The van der Waals surface area contributed by atoms with Crippen molar-refractivity contribution in [3.63, 3.8) is 0 Å². The van der Waals surface area contributed by atoms with Crippen molar-refractivity contribution in [2.75, 3.05) is 7.11 Å². The van der Waals surface area contributed by atoms with Crippen LogP contribution in [0.4, 0.5) is 13.2 Å². The Morgan fingerprint density at radius 3 is 2.61 bits per heavy atom. The van der Waals surface area contributed by atoms with E-state index in [0.29, 0.717) is 6.42 Å². The highest BCUT2D eigenvalue weighted by molar-refractivity contribution is 5.69. The molecule has 3 nitrogen and oxygen atoms in total. The number of carbonyl (C=O) groups is 1. The normalized spacial score (nSPS) is 11.3. The molecule has 0 unspecified atom stereocenters. The van der Waals surface area contributed by atoms with Gasteiger partial charge < -0.3 is 4.74 Å². The van der Waals surface area contributed by atoms with E-state index in [4.69, 9.17) is 0 Å². The maximum Gasteiger partial charge on any atom is 0.418 e. The number of hydrogen-bond donors (Lipinski definition) is 0. The molecule has 0 fully saturated rings. The molecule has 1 aromatic carbocycles. The number of nitrogens with zero attached hydrogens (tertiary/aromatic N) is 1. The van der Waals surface area contributed by atoms with Crippen LogP contribution in [0.5, 0.6) is 0 Å². The highest BCUT2D eigenvalue weighted by Crippen LogP contribution is 2.31. The van der Waals surface area contributed by atoms with E-state index >= 15 is 0 Å². The van der Waals surface area contributed by atoms with Crippen molar-refractivity contribution in [2.45, 2.75) is 25.4 Å². The van der Waals surface area contributed by atoms with E-state index < -0.39 is 11.7 Å². The first kappa shape index (κ1) is 17.0. The van der Waals surface area contributed by atoms with Gasteiger partial charge in [0.05, 0.1) is 18.4 Å². The fraction of sp³-hybridized carbons (Fsp3) is 0.294. The summed E-state index contributed by atoms with van der Waals surface area (Å²) >= 11 is 0. The van der Waals surface area contributed by atoms with Crippen LogP contribution in [0.2, 0.25) is 0 Å². The lowest BCUT2D eigenvalue weighted by Gasteiger charge is -2.12. The first-order valence-corrected chi connectivity index (χ1v) is 7.06. The minimum atomic E-state index is -4.42. The third-order valence-corrected chi connectivity index (χ3v) is 3.40. The molecule has 0 aliphatic rings. The number of esters is 1. The summed E-state index contributed by atoms with van der Waals surface area (Å²) < 4.78 is 43.5. The van der Waals surface area contributed by atoms with Crippen LogP contribution in [0.3, 0.4) is 0 Å². The molecule has 122 valence electrons. The molecule has 0 radical (unpaired) electrons. The number of halogens is 3. The van der Waals surface area contributed by atoms with E-state index in [2.05, 4.69) is 9.72 Å². The molecule has 6 heteroatoms. The van der Waals surface area contributed by atoms with Crippen molar-refractivity contribution in [3.8, 4) is 0 Å². The third-order valence-electron chi connectivity index (χ3n) is 3.40. The van der Waals surface area contributed by atoms with Crippen molar-refractivity contribution in [2.24, 2.45) is 0 Å². The van der Waals surface area contributed by atoms with Crippen LogP contribution in [0.25, 0.3) is 0 Å². The van der Waals surface area contributed by atoms with Crippen molar-refractivity contribution < 1.29 is 22.7 Å². The topological polar surface area (TPSA) is 39.2 Å². The second-order valence-corrected chi connectivity index (χ2v) is 5.07. The number of aromatic nitrogens is 1. The van der Waals surface area contributed by atoms with Gasteiger partial charge in [0.1, 0.15) is 0 Å². The molecule has 0 spiro atoms. The summed E-state index contributed by atoms with van der Waals surface area (Å²) in [5.41, 5.74) is 0.860. The number of methoxy groups -OCH3 is 1. The Hall–Kier alpha value is -2.37. The Kier molecular flexibility index (Phi) is 5.36. The standard InChI is InChI=1S/C17H16F3NO2/c1-23-16(22)8-7-12-4-2-5-13(10-12)11-15-14(17(18,19)20)6-3-9-21-15/h2-6,9-10H,7-8,11H2,1H3. The van der Waals surface area contributed by atoms with E-state index in [0.717, 1.165) is 17.2 Å². The lowest BCUT2D eigenvalue weighted by molar-refractivity contribution is -0.140. The Morgan fingerprint density at radius 2 is 1.91 bits per heavy atom. The molecular formula is C17H16F3NO2. The lowest BCUT2D eigenvalue weighted by atomic mass is 10.0. The Bertz CT molecular complexity index is 684. The summed E-state index contributed by atoms with van der Waals surface area (Å²) in [6, 6.07) is 9.43. The highest BCUT2D eigenvalue weighted by atomic mass is 19.4. The predicted molar refractivity (Wildman–Crippen MR) is 78.8 cm³/mol. The van der Waals surface area contributed by atoms with Gasteiger partial charge >= 0.3 is 12.1 Å². The van der Waals surface area contributed by atoms with Gasteiger partial charge in [0.25, 0.3) is 0 Å². The van der Waals surface area contributed by atoms with Crippen molar-refractivity contribution in [1.82, 2.24) is 4.98 Å². The number of alkyl halides is 3. The minimum Gasteiger partial charge on any atom is -0.469 e. The molecule has 0 bridgehead atoms. The molecule has 2 aromatic rings. The monoisotopic (exact) mass is 323 g/mol. The smallest absolute Gasteiger partial charge is 0.418 e. The Labute approximate surface area is 132 Å². The first-order chi connectivity index (χ1) is 10.9. The number of hydrogen-bond acceptors (Lipinski definition) is 3. The molecule has 1 aromatic heterocycles. The van der Waals surface area contributed by atoms with Crippen LogP contribution in [-0.2, 0) is 28.5 Å². The van der Waals surface area contributed by atoms with Crippen LogP contribution in [0, 0.1) is 0 Å². The molecule has 0 aliphatic heterocycles. The quantitative estimate of drug-likeness (QED) is 0.786. The lowest BCUT2D eigenvalue weighted by Crippen LogP contribution is -2.11. The van der Waals surface area contributed by atoms with E-state index in [-0.39, 0.29) is 24.5 Å². The Morgan fingerprint density at radius 1 is 1.17 bits per heavy atom.